The molecule has 0 bridgehead atoms. The Morgan fingerprint density at radius 3 is 1.94 bits per heavy atom. The summed E-state index contributed by atoms with van der Waals surface area (Å²) in [6.07, 6.45) is -1.47. The lowest BCUT2D eigenvalue weighted by atomic mass is 9.75. The number of hydrogen-bond donors (Lipinski definition) is 4. The van der Waals surface area contributed by atoms with Crippen LogP contribution in [0, 0.1) is 29.6 Å². The van der Waals surface area contributed by atoms with Crippen molar-refractivity contribution < 1.29 is 86.8 Å². The summed E-state index contributed by atoms with van der Waals surface area (Å²) < 4.78 is 85.0. The average Bonchev–Trinajstić information content (AvgIpc) is 4.01. The van der Waals surface area contributed by atoms with Crippen LogP contribution in [0.25, 0.3) is 0 Å². The first-order valence-electron chi connectivity index (χ1n) is 26.5. The predicted octanol–water partition coefficient (Wildman–Crippen LogP) is 5.60. The Balaban J connectivity index is 0.991. The van der Waals surface area contributed by atoms with Crippen LogP contribution in [0.3, 0.4) is 0 Å². The van der Waals surface area contributed by atoms with Gasteiger partial charge < -0.3 is 82.0 Å². The minimum Gasteiger partial charge on any atom is -0.481 e. The van der Waals surface area contributed by atoms with Crippen molar-refractivity contribution in [3.05, 3.63) is 0 Å². The molecule has 70 heavy (non-hydrogen) atoms. The first-order valence-corrected chi connectivity index (χ1v) is 26.5. The molecule has 0 saturated carbocycles. The van der Waals surface area contributed by atoms with Gasteiger partial charge in [-0.25, -0.2) is 0 Å². The minimum absolute atomic E-state index is 0.00895. The number of rotatable bonds is 14. The van der Waals surface area contributed by atoms with Crippen LogP contribution in [0.15, 0.2) is 0 Å². The third kappa shape index (κ3) is 10.8. The molecule has 8 rings (SSSR count). The van der Waals surface area contributed by atoms with Crippen LogP contribution in [-0.4, -0.2) is 174 Å². The average molecular weight is 1000 g/mol. The van der Waals surface area contributed by atoms with Gasteiger partial charge in [0.1, 0.15) is 12.2 Å². The number of ether oxygens (including phenoxy) is 13. The van der Waals surface area contributed by atoms with E-state index in [-0.39, 0.29) is 67.1 Å². The Kier molecular flexibility index (Phi) is 16.6. The van der Waals surface area contributed by atoms with E-state index in [2.05, 4.69) is 20.8 Å². The van der Waals surface area contributed by atoms with Crippen molar-refractivity contribution in [1.29, 1.82) is 0 Å². The van der Waals surface area contributed by atoms with Crippen molar-refractivity contribution in [3.8, 4) is 0 Å². The van der Waals surface area contributed by atoms with Crippen molar-refractivity contribution in [1.82, 2.24) is 0 Å². The fourth-order valence-electron chi connectivity index (χ4n) is 13.7. The molecule has 18 heteroatoms. The molecule has 0 aromatic rings. The molecule has 8 saturated heterocycles. The van der Waals surface area contributed by atoms with Gasteiger partial charge in [-0.2, -0.15) is 0 Å². The van der Waals surface area contributed by atoms with E-state index in [4.69, 9.17) is 61.6 Å². The zero-order valence-electron chi connectivity index (χ0n) is 44.1. The van der Waals surface area contributed by atoms with Crippen molar-refractivity contribution >= 4 is 5.97 Å². The first-order chi connectivity index (χ1) is 32.9. The Morgan fingerprint density at radius 1 is 0.700 bits per heavy atom. The maximum absolute atomic E-state index is 12.3. The minimum atomic E-state index is -2.12. The zero-order valence-corrected chi connectivity index (χ0v) is 44.1. The monoisotopic (exact) mass is 1000 g/mol. The highest BCUT2D eigenvalue weighted by Gasteiger charge is 2.64. The molecule has 8 heterocycles. The quantitative estimate of drug-likeness (QED) is 0.166. The van der Waals surface area contributed by atoms with E-state index in [1.165, 1.54) is 0 Å². The largest absolute Gasteiger partial charge is 0.481 e. The van der Waals surface area contributed by atoms with Gasteiger partial charge in [-0.3, -0.25) is 4.79 Å². The molecular weight excluding hydrogens is 913 g/mol. The molecule has 0 unspecified atom stereocenters. The molecule has 4 N–H and O–H groups in total. The van der Waals surface area contributed by atoms with E-state index in [9.17, 15) is 25.2 Å². The van der Waals surface area contributed by atoms with E-state index in [1.54, 1.807) is 35.2 Å². The third-order valence-electron chi connectivity index (χ3n) is 18.4. The molecule has 0 aromatic heterocycles. The standard InChI is InChI=1S/C52H88O18/c1-26-22-27(2)50(10,56)67-42(26)36-23-37(63-40-16-14-34(58-11)31(6)61-40)47(64-36)49(9)19-18-38(66-49)48(8)20-21-51(70-48)24-33(53)28(3)43(68-51)29(4)44-46(60-13)45(30(5)52(57,69-44)25-39(54)55)65-41-17-15-35(59-12)32(7)62-41/h26-38,40-47,53,56-57H,14-25H2,1-13H3,(H,54,55)/t26-,27+,28+,29-,30+,31-,32-,33-,34+,35+,36+,37+,38-,40+,41+,42-,43+,44+,45+,46+,47+,48-,49+,50+,51+,52-/m0/s1. The molecule has 26 atom stereocenters. The summed E-state index contributed by atoms with van der Waals surface area (Å²) in [5.41, 5.74) is -1.59. The molecular formula is C52H88O18. The van der Waals surface area contributed by atoms with Gasteiger partial charge >= 0.3 is 5.97 Å². The fraction of sp³-hybridized carbons (Fsp3) is 0.981. The van der Waals surface area contributed by atoms with E-state index < -0.39 is 108 Å². The Morgan fingerprint density at radius 2 is 1.34 bits per heavy atom. The Labute approximate surface area is 415 Å². The number of methoxy groups -OCH3 is 3. The molecule has 8 fully saturated rings. The van der Waals surface area contributed by atoms with Gasteiger partial charge in [0.2, 0.25) is 0 Å². The normalized spacial score (nSPS) is 53.9. The van der Waals surface area contributed by atoms with Crippen molar-refractivity contribution in [2.24, 2.45) is 29.6 Å². The van der Waals surface area contributed by atoms with Crippen LogP contribution in [-0.2, 0) is 66.4 Å². The third-order valence-corrected chi connectivity index (χ3v) is 18.4. The number of aliphatic hydroxyl groups excluding tert-OH is 1. The molecule has 404 valence electrons. The Bertz CT molecular complexity index is 1770. The van der Waals surface area contributed by atoms with Crippen LogP contribution in [0.5, 0.6) is 0 Å². The zero-order chi connectivity index (χ0) is 50.9. The van der Waals surface area contributed by atoms with Gasteiger partial charge in [-0.05, 0) is 79.1 Å². The number of carboxylic acid groups (broad SMARTS) is 1. The van der Waals surface area contributed by atoms with Crippen LogP contribution in [0.1, 0.15) is 146 Å². The molecule has 8 aliphatic rings. The van der Waals surface area contributed by atoms with Crippen molar-refractivity contribution in [3.63, 3.8) is 0 Å². The SMILES string of the molecule is CO[C@@H]1[C@@H]([C@@H](C)[C@@H]2O[C@@]3(CC[C@@](C)([C@@H]4CC[C@](C)([C@@H]5O[C@@H]([C@H]6O[C@@](C)(O)[C@H](C)C[C@@H]6C)C[C@H]5O[C@@H]5CC[C@@H](OC)[C@H](C)O5)O4)O3)C[C@H](O)[C@H]2C)O[C@@](O)(CC(=O)O)[C@H](C)[C@H]1O[C@@H]1CC[C@@H](OC)[C@H](C)O1. The first kappa shape index (κ1) is 55.1. The smallest absolute Gasteiger partial charge is 0.308 e. The number of aliphatic hydroxyl groups is 3. The van der Waals surface area contributed by atoms with E-state index in [1.807, 2.05) is 34.6 Å². The predicted molar refractivity (Wildman–Crippen MR) is 250 cm³/mol. The maximum atomic E-state index is 12.3. The summed E-state index contributed by atoms with van der Waals surface area (Å²) in [6, 6.07) is 0. The summed E-state index contributed by atoms with van der Waals surface area (Å²) in [4.78, 5) is 12.3. The summed E-state index contributed by atoms with van der Waals surface area (Å²) in [7, 11) is 4.91. The van der Waals surface area contributed by atoms with E-state index >= 15 is 0 Å². The van der Waals surface area contributed by atoms with Gasteiger partial charge in [-0.15, -0.1) is 0 Å². The summed E-state index contributed by atoms with van der Waals surface area (Å²) in [5.74, 6) is -7.48. The summed E-state index contributed by atoms with van der Waals surface area (Å²) >= 11 is 0. The number of aliphatic carboxylic acids is 1. The van der Waals surface area contributed by atoms with Crippen LogP contribution in [0.2, 0.25) is 0 Å². The molecule has 1 spiro atoms. The fourth-order valence-corrected chi connectivity index (χ4v) is 13.7. The molecule has 0 radical (unpaired) electrons. The highest BCUT2D eigenvalue weighted by Crippen LogP contribution is 2.55. The lowest BCUT2D eigenvalue weighted by Crippen LogP contribution is -2.66. The molecule has 0 aromatic carbocycles. The molecule has 18 nitrogen and oxygen atoms in total. The van der Waals surface area contributed by atoms with Crippen molar-refractivity contribution in [2.75, 3.05) is 21.3 Å². The number of hydrogen-bond acceptors (Lipinski definition) is 17. The highest BCUT2D eigenvalue weighted by atomic mass is 16.7. The van der Waals surface area contributed by atoms with Gasteiger partial charge in [0.25, 0.3) is 0 Å². The second-order valence-electron chi connectivity index (χ2n) is 23.4. The summed E-state index contributed by atoms with van der Waals surface area (Å²) in [6.45, 7) is 19.5. The lowest BCUT2D eigenvalue weighted by Gasteiger charge is -2.54. The number of carbonyl (C=O) groups is 1. The van der Waals surface area contributed by atoms with E-state index in [0.29, 0.717) is 51.4 Å². The lowest BCUT2D eigenvalue weighted by molar-refractivity contribution is -0.377. The maximum Gasteiger partial charge on any atom is 0.308 e. The van der Waals surface area contributed by atoms with Crippen LogP contribution >= 0.6 is 0 Å². The molecule has 8 aliphatic heterocycles. The van der Waals surface area contributed by atoms with Crippen LogP contribution < -0.4 is 0 Å². The molecule has 0 amide bonds. The number of carboxylic acids is 1. The summed E-state index contributed by atoms with van der Waals surface area (Å²) in [5, 5.41) is 45.3. The van der Waals surface area contributed by atoms with Gasteiger partial charge in [0.05, 0.1) is 90.9 Å². The van der Waals surface area contributed by atoms with Gasteiger partial charge in [0, 0.05) is 77.1 Å². The highest BCUT2D eigenvalue weighted by molar-refractivity contribution is 5.68. The van der Waals surface area contributed by atoms with Gasteiger partial charge in [-0.1, -0.05) is 34.6 Å². The van der Waals surface area contributed by atoms with Gasteiger partial charge in [0.15, 0.2) is 29.9 Å². The molecule has 0 aliphatic carbocycles. The van der Waals surface area contributed by atoms with Crippen molar-refractivity contribution in [2.45, 2.75) is 273 Å². The topological polar surface area (TPSA) is 218 Å². The second-order valence-corrected chi connectivity index (χ2v) is 23.4. The second kappa shape index (κ2) is 21.1. The van der Waals surface area contributed by atoms with Crippen LogP contribution in [0.4, 0.5) is 0 Å². The Hall–Kier alpha value is -1.17. The van der Waals surface area contributed by atoms with E-state index in [0.717, 1.165) is 12.8 Å².